The number of alkyl halides is 3. The van der Waals surface area contributed by atoms with Gasteiger partial charge in [-0.05, 0) is 48.4 Å². The number of hydrogen-bond acceptors (Lipinski definition) is 3. The maximum absolute atomic E-state index is 12.8. The molecule has 0 saturated carbocycles. The summed E-state index contributed by atoms with van der Waals surface area (Å²) in [6.45, 7) is 0. The maximum atomic E-state index is 12.8. The molecular weight excluding hydrogens is 373 g/mol. The minimum absolute atomic E-state index is 0.217. The van der Waals surface area contributed by atoms with Gasteiger partial charge in [-0.25, -0.2) is 0 Å². The second kappa shape index (κ2) is 7.84. The molecule has 1 aromatic heterocycles. The van der Waals surface area contributed by atoms with E-state index in [1.54, 1.807) is 25.3 Å². The van der Waals surface area contributed by atoms with Gasteiger partial charge < -0.3 is 19.8 Å². The van der Waals surface area contributed by atoms with E-state index in [9.17, 15) is 18.0 Å². The normalized spacial score (nSPS) is 11.5. The highest BCUT2D eigenvalue weighted by Gasteiger charge is 2.32. The molecule has 2 N–H and O–H groups in total. The topological polar surface area (TPSA) is 63.3 Å². The minimum atomic E-state index is -4.44. The number of aromatic amines is 1. The lowest BCUT2D eigenvalue weighted by Gasteiger charge is -2.10. The first kappa shape index (κ1) is 19.6. The van der Waals surface area contributed by atoms with Crippen LogP contribution in [0.1, 0.15) is 17.7 Å². The van der Waals surface area contributed by atoms with Gasteiger partial charge in [0.15, 0.2) is 11.5 Å². The number of nitrogens with one attached hydrogen (secondary N) is 2. The van der Waals surface area contributed by atoms with E-state index in [1.165, 1.54) is 19.2 Å². The van der Waals surface area contributed by atoms with Crippen LogP contribution in [0.4, 0.5) is 18.9 Å². The largest absolute Gasteiger partial charge is 0.493 e. The van der Waals surface area contributed by atoms with Crippen LogP contribution in [-0.4, -0.2) is 25.1 Å². The van der Waals surface area contributed by atoms with E-state index in [-0.39, 0.29) is 12.3 Å². The van der Waals surface area contributed by atoms with Gasteiger partial charge in [0.05, 0.1) is 14.2 Å². The average Bonchev–Trinajstić information content (AvgIpc) is 3.10. The maximum Gasteiger partial charge on any atom is 0.431 e. The standard InChI is InChI=1S/C20H19F3N2O3/c1-27-16-7-3-12(9-17(16)28-2)4-8-19(26)24-14-5-6-15-13(10-14)11-18(25-15)20(21,22)23/h3,5-7,9-11,25H,4,8H2,1-2H3,(H,24,26). The van der Waals surface area contributed by atoms with Crippen molar-refractivity contribution in [1.29, 1.82) is 0 Å². The molecule has 1 amide bonds. The second-order valence-corrected chi connectivity index (χ2v) is 6.22. The summed E-state index contributed by atoms with van der Waals surface area (Å²) in [5.41, 5.74) is 0.885. The Bertz CT molecular complexity index is 996. The number of ether oxygens (including phenoxy) is 2. The predicted octanol–water partition coefficient (Wildman–Crippen LogP) is 4.78. The highest BCUT2D eigenvalue weighted by atomic mass is 19.4. The van der Waals surface area contributed by atoms with Crippen LogP contribution in [0.3, 0.4) is 0 Å². The molecule has 0 aliphatic rings. The Labute approximate surface area is 159 Å². The quantitative estimate of drug-likeness (QED) is 0.635. The van der Waals surface area contributed by atoms with Gasteiger partial charge in [-0.2, -0.15) is 13.2 Å². The Balaban J connectivity index is 1.64. The molecule has 28 heavy (non-hydrogen) atoms. The van der Waals surface area contributed by atoms with E-state index in [0.29, 0.717) is 34.5 Å². The molecule has 0 aliphatic carbocycles. The van der Waals surface area contributed by atoms with Gasteiger partial charge in [0.25, 0.3) is 0 Å². The number of methoxy groups -OCH3 is 2. The number of amides is 1. The number of carbonyl (C=O) groups excluding carboxylic acids is 1. The van der Waals surface area contributed by atoms with Crippen molar-refractivity contribution >= 4 is 22.5 Å². The lowest BCUT2D eigenvalue weighted by Crippen LogP contribution is -2.12. The molecule has 0 saturated heterocycles. The summed E-state index contributed by atoms with van der Waals surface area (Å²) in [7, 11) is 3.08. The first-order chi connectivity index (χ1) is 13.3. The van der Waals surface area contributed by atoms with Crippen molar-refractivity contribution in [3.8, 4) is 11.5 Å². The number of hydrogen-bond donors (Lipinski definition) is 2. The van der Waals surface area contributed by atoms with Crippen LogP contribution in [-0.2, 0) is 17.4 Å². The molecule has 0 spiro atoms. The molecule has 0 fully saturated rings. The summed E-state index contributed by atoms with van der Waals surface area (Å²) < 4.78 is 48.8. The molecule has 148 valence electrons. The summed E-state index contributed by atoms with van der Waals surface area (Å²) in [5, 5.41) is 3.09. The Morgan fingerprint density at radius 3 is 2.46 bits per heavy atom. The summed E-state index contributed by atoms with van der Waals surface area (Å²) in [5.74, 6) is 0.952. The van der Waals surface area contributed by atoms with Gasteiger partial charge in [-0.15, -0.1) is 0 Å². The lowest BCUT2D eigenvalue weighted by atomic mass is 10.1. The molecule has 5 nitrogen and oxygen atoms in total. The van der Waals surface area contributed by atoms with Gasteiger partial charge in [0, 0.05) is 23.0 Å². The number of aromatic nitrogens is 1. The second-order valence-electron chi connectivity index (χ2n) is 6.22. The van der Waals surface area contributed by atoms with Crippen molar-refractivity contribution in [2.24, 2.45) is 0 Å². The van der Waals surface area contributed by atoms with Crippen molar-refractivity contribution in [2.45, 2.75) is 19.0 Å². The first-order valence-electron chi connectivity index (χ1n) is 8.51. The van der Waals surface area contributed by atoms with Gasteiger partial charge in [-0.3, -0.25) is 4.79 Å². The molecule has 8 heteroatoms. The summed E-state index contributed by atoms with van der Waals surface area (Å²) in [4.78, 5) is 14.5. The molecule has 0 radical (unpaired) electrons. The van der Waals surface area contributed by atoms with Crippen molar-refractivity contribution in [1.82, 2.24) is 4.98 Å². The molecule has 0 unspecified atom stereocenters. The number of anilines is 1. The van der Waals surface area contributed by atoms with Crippen molar-refractivity contribution in [3.63, 3.8) is 0 Å². The van der Waals surface area contributed by atoms with Gasteiger partial charge in [-0.1, -0.05) is 6.07 Å². The first-order valence-corrected chi connectivity index (χ1v) is 8.51. The Morgan fingerprint density at radius 2 is 1.79 bits per heavy atom. The van der Waals surface area contributed by atoms with Crippen LogP contribution in [0, 0.1) is 0 Å². The number of rotatable bonds is 6. The zero-order chi connectivity index (χ0) is 20.3. The SMILES string of the molecule is COc1ccc(CCC(=O)Nc2ccc3[nH]c(C(F)(F)F)cc3c2)cc1OC. The number of aryl methyl sites for hydroxylation is 1. The highest BCUT2D eigenvalue weighted by molar-refractivity contribution is 5.94. The fourth-order valence-electron chi connectivity index (χ4n) is 2.88. The number of H-pyrrole nitrogens is 1. The summed E-state index contributed by atoms with van der Waals surface area (Å²) in [6.07, 6.45) is -3.74. The number of carbonyl (C=O) groups is 1. The molecular formula is C20H19F3N2O3. The third-order valence-electron chi connectivity index (χ3n) is 4.30. The third kappa shape index (κ3) is 4.39. The zero-order valence-corrected chi connectivity index (χ0v) is 15.3. The van der Waals surface area contributed by atoms with E-state index >= 15 is 0 Å². The molecule has 3 rings (SSSR count). The van der Waals surface area contributed by atoms with E-state index in [0.717, 1.165) is 11.6 Å². The molecule has 0 bridgehead atoms. The van der Waals surface area contributed by atoms with Crippen molar-refractivity contribution in [2.75, 3.05) is 19.5 Å². The molecule has 2 aromatic carbocycles. The van der Waals surface area contributed by atoms with Crippen molar-refractivity contribution < 1.29 is 27.4 Å². The van der Waals surface area contributed by atoms with E-state index in [4.69, 9.17) is 9.47 Å². The van der Waals surface area contributed by atoms with Crippen molar-refractivity contribution in [3.05, 3.63) is 53.7 Å². The molecule has 3 aromatic rings. The van der Waals surface area contributed by atoms with Crippen LogP contribution in [0.25, 0.3) is 10.9 Å². The summed E-state index contributed by atoms with van der Waals surface area (Å²) >= 11 is 0. The molecule has 0 atom stereocenters. The minimum Gasteiger partial charge on any atom is -0.493 e. The zero-order valence-electron chi connectivity index (χ0n) is 15.3. The number of halogens is 3. The Morgan fingerprint density at radius 1 is 1.04 bits per heavy atom. The third-order valence-corrected chi connectivity index (χ3v) is 4.30. The van der Waals surface area contributed by atoms with Gasteiger partial charge >= 0.3 is 6.18 Å². The average molecular weight is 392 g/mol. The van der Waals surface area contributed by atoms with Gasteiger partial charge in [0.2, 0.25) is 5.91 Å². The van der Waals surface area contributed by atoms with Gasteiger partial charge in [0.1, 0.15) is 5.69 Å². The number of fused-ring (bicyclic) bond motifs is 1. The lowest BCUT2D eigenvalue weighted by molar-refractivity contribution is -0.140. The number of benzene rings is 2. The predicted molar refractivity (Wildman–Crippen MR) is 99.8 cm³/mol. The highest BCUT2D eigenvalue weighted by Crippen LogP contribution is 2.32. The Kier molecular flexibility index (Phi) is 5.48. The van der Waals surface area contributed by atoms with E-state index in [2.05, 4.69) is 10.3 Å². The molecule has 1 heterocycles. The van der Waals surface area contributed by atoms with E-state index < -0.39 is 11.9 Å². The van der Waals surface area contributed by atoms with Crippen LogP contribution >= 0.6 is 0 Å². The van der Waals surface area contributed by atoms with Crippen LogP contribution in [0.5, 0.6) is 11.5 Å². The van der Waals surface area contributed by atoms with Crippen LogP contribution in [0.2, 0.25) is 0 Å². The van der Waals surface area contributed by atoms with Crippen LogP contribution < -0.4 is 14.8 Å². The smallest absolute Gasteiger partial charge is 0.431 e. The summed E-state index contributed by atoms with van der Waals surface area (Å²) in [6, 6.07) is 11.0. The molecule has 0 aliphatic heterocycles. The van der Waals surface area contributed by atoms with E-state index in [1.807, 2.05) is 6.07 Å². The van der Waals surface area contributed by atoms with Crippen LogP contribution in [0.15, 0.2) is 42.5 Å². The Hall–Kier alpha value is -3.16. The fraction of sp³-hybridized carbons (Fsp3) is 0.250. The monoisotopic (exact) mass is 392 g/mol. The fourth-order valence-corrected chi connectivity index (χ4v) is 2.88.